The summed E-state index contributed by atoms with van der Waals surface area (Å²) in [6.07, 6.45) is 15.7. The minimum absolute atomic E-state index is 0.109. The maximum Gasteiger partial charge on any atom is 0.303 e. The average Bonchev–Trinajstić information content (AvgIpc) is 3.04. The van der Waals surface area contributed by atoms with E-state index in [0.29, 0.717) is 10.8 Å². The summed E-state index contributed by atoms with van der Waals surface area (Å²) in [6, 6.07) is 0. The largest absolute Gasteiger partial charge is 0.460 e. The number of aliphatic hydroxyl groups is 1. The van der Waals surface area contributed by atoms with Gasteiger partial charge in [-0.3, -0.25) is 4.79 Å². The van der Waals surface area contributed by atoms with Gasteiger partial charge in [0, 0.05) is 6.92 Å². The highest BCUT2D eigenvalue weighted by molar-refractivity contribution is 5.66. The molecule has 0 aromatic carbocycles. The standard InChI is InChI=1S/C29H48O3/c1-19(8-7-15-27(3,4)32-20(2)30)24-11-12-25-23-10-9-21-18-22(31)13-16-28(21,5)26(23)14-17-29(24,25)6/h9,19,22-26,31H,7-8,10-18H2,1-6H3/t19-,22-,23-,24+,25-,26-,28-,29+/m0/s1. The minimum Gasteiger partial charge on any atom is -0.460 e. The van der Waals surface area contributed by atoms with Gasteiger partial charge in [-0.05, 0) is 118 Å². The number of hydrogen-bond donors (Lipinski definition) is 1. The molecule has 0 spiro atoms. The van der Waals surface area contributed by atoms with Crippen LogP contribution >= 0.6 is 0 Å². The molecule has 3 saturated carbocycles. The monoisotopic (exact) mass is 444 g/mol. The van der Waals surface area contributed by atoms with E-state index < -0.39 is 0 Å². The van der Waals surface area contributed by atoms with Crippen molar-refractivity contribution in [2.24, 2.45) is 40.4 Å². The van der Waals surface area contributed by atoms with Gasteiger partial charge in [-0.1, -0.05) is 38.8 Å². The molecule has 4 aliphatic rings. The summed E-state index contributed by atoms with van der Waals surface area (Å²) < 4.78 is 5.51. The van der Waals surface area contributed by atoms with Gasteiger partial charge in [0.25, 0.3) is 0 Å². The third-order valence-corrected chi connectivity index (χ3v) is 10.7. The smallest absolute Gasteiger partial charge is 0.303 e. The molecule has 0 bridgehead atoms. The van der Waals surface area contributed by atoms with E-state index in [1.165, 1.54) is 51.9 Å². The molecule has 0 aliphatic heterocycles. The summed E-state index contributed by atoms with van der Waals surface area (Å²) >= 11 is 0. The Morgan fingerprint density at radius 1 is 1.19 bits per heavy atom. The van der Waals surface area contributed by atoms with Crippen LogP contribution in [0.15, 0.2) is 11.6 Å². The fraction of sp³-hybridized carbons (Fsp3) is 0.897. The number of carbonyl (C=O) groups excluding carboxylic acids is 1. The van der Waals surface area contributed by atoms with Gasteiger partial charge in [0.1, 0.15) is 5.60 Å². The lowest BCUT2D eigenvalue weighted by molar-refractivity contribution is -0.154. The summed E-state index contributed by atoms with van der Waals surface area (Å²) in [7, 11) is 0. The maximum atomic E-state index is 11.4. The quantitative estimate of drug-likeness (QED) is 0.352. The van der Waals surface area contributed by atoms with Crippen LogP contribution in [0.1, 0.15) is 112 Å². The summed E-state index contributed by atoms with van der Waals surface area (Å²) in [5.74, 6) is 3.94. The Morgan fingerprint density at radius 3 is 2.66 bits per heavy atom. The Kier molecular flexibility index (Phi) is 6.64. The summed E-state index contributed by atoms with van der Waals surface area (Å²) in [5, 5.41) is 10.2. The molecule has 0 radical (unpaired) electrons. The first-order chi connectivity index (χ1) is 15.0. The molecule has 1 N–H and O–H groups in total. The van der Waals surface area contributed by atoms with Crippen LogP contribution in [0.4, 0.5) is 0 Å². The predicted octanol–water partition coefficient (Wildman–Crippen LogP) is 7.07. The highest BCUT2D eigenvalue weighted by Gasteiger charge is 2.59. The van der Waals surface area contributed by atoms with Gasteiger partial charge in [0.2, 0.25) is 0 Å². The van der Waals surface area contributed by atoms with Crippen molar-refractivity contribution >= 4 is 5.97 Å². The zero-order valence-corrected chi connectivity index (χ0v) is 21.6. The van der Waals surface area contributed by atoms with Gasteiger partial charge in [0.05, 0.1) is 6.10 Å². The third kappa shape index (κ3) is 4.32. The van der Waals surface area contributed by atoms with Crippen molar-refractivity contribution in [1.29, 1.82) is 0 Å². The second-order valence-electron chi connectivity index (χ2n) is 13.1. The SMILES string of the molecule is CC(=O)OC(C)(C)CCC[C@H](C)[C@H]1CC[C@H]2[C@@H]3CC=C4C[C@@H](O)CC[C@]4(C)[C@H]3CC[C@]12C. The van der Waals surface area contributed by atoms with Crippen molar-refractivity contribution in [3.05, 3.63) is 11.6 Å². The van der Waals surface area contributed by atoms with E-state index in [9.17, 15) is 9.90 Å². The molecule has 4 rings (SSSR count). The molecule has 0 heterocycles. The fourth-order valence-corrected chi connectivity index (χ4v) is 9.11. The van der Waals surface area contributed by atoms with Gasteiger partial charge in [-0.15, -0.1) is 0 Å². The normalized spacial score (nSPS) is 42.3. The van der Waals surface area contributed by atoms with Gasteiger partial charge in [-0.2, -0.15) is 0 Å². The summed E-state index contributed by atoms with van der Waals surface area (Å²) in [4.78, 5) is 11.4. The molecule has 0 aromatic rings. The van der Waals surface area contributed by atoms with Gasteiger partial charge < -0.3 is 9.84 Å². The maximum absolute atomic E-state index is 11.4. The van der Waals surface area contributed by atoms with Gasteiger partial charge in [0.15, 0.2) is 0 Å². The molecule has 0 unspecified atom stereocenters. The summed E-state index contributed by atoms with van der Waals surface area (Å²) in [5.41, 5.74) is 2.07. The number of fused-ring (bicyclic) bond motifs is 5. The molecular formula is C29H48O3. The predicted molar refractivity (Wildman–Crippen MR) is 130 cm³/mol. The first kappa shape index (κ1) is 24.3. The zero-order valence-electron chi connectivity index (χ0n) is 21.6. The van der Waals surface area contributed by atoms with Crippen LogP contribution < -0.4 is 0 Å². The van der Waals surface area contributed by atoms with Crippen molar-refractivity contribution in [1.82, 2.24) is 0 Å². The lowest BCUT2D eigenvalue weighted by atomic mass is 9.47. The molecule has 3 heteroatoms. The molecule has 4 aliphatic carbocycles. The van der Waals surface area contributed by atoms with E-state index in [1.54, 1.807) is 5.57 Å². The number of hydrogen-bond acceptors (Lipinski definition) is 3. The molecule has 0 aromatic heterocycles. The van der Waals surface area contributed by atoms with Crippen LogP contribution in [0, 0.1) is 40.4 Å². The number of esters is 1. The van der Waals surface area contributed by atoms with E-state index >= 15 is 0 Å². The van der Waals surface area contributed by atoms with Crippen LogP contribution in [-0.2, 0) is 9.53 Å². The lowest BCUT2D eigenvalue weighted by Gasteiger charge is -2.58. The molecule has 3 fully saturated rings. The molecule has 3 nitrogen and oxygen atoms in total. The minimum atomic E-state index is -0.346. The number of allylic oxidation sites excluding steroid dienone is 1. The molecule has 8 atom stereocenters. The number of aliphatic hydroxyl groups excluding tert-OH is 1. The Hall–Kier alpha value is -0.830. The van der Waals surface area contributed by atoms with Crippen LogP contribution in [0.25, 0.3) is 0 Å². The number of carbonyl (C=O) groups is 1. The fourth-order valence-electron chi connectivity index (χ4n) is 9.11. The van der Waals surface area contributed by atoms with Crippen LogP contribution in [0.5, 0.6) is 0 Å². The molecule has 32 heavy (non-hydrogen) atoms. The zero-order chi connectivity index (χ0) is 23.3. The van der Waals surface area contributed by atoms with Crippen molar-refractivity contribution in [3.63, 3.8) is 0 Å². The second kappa shape index (κ2) is 8.75. The Bertz CT molecular complexity index is 739. The van der Waals surface area contributed by atoms with Gasteiger partial charge in [-0.25, -0.2) is 0 Å². The van der Waals surface area contributed by atoms with Crippen molar-refractivity contribution in [2.75, 3.05) is 0 Å². The summed E-state index contributed by atoms with van der Waals surface area (Å²) in [6.45, 7) is 13.3. The van der Waals surface area contributed by atoms with Crippen LogP contribution in [0.3, 0.4) is 0 Å². The Balaban J connectivity index is 1.41. The Labute approximate surface area is 196 Å². The first-order valence-electron chi connectivity index (χ1n) is 13.5. The highest BCUT2D eigenvalue weighted by Crippen LogP contribution is 2.67. The number of rotatable bonds is 6. The van der Waals surface area contributed by atoms with Crippen LogP contribution in [-0.4, -0.2) is 22.8 Å². The van der Waals surface area contributed by atoms with E-state index in [4.69, 9.17) is 4.74 Å². The average molecular weight is 445 g/mol. The van der Waals surface area contributed by atoms with E-state index in [0.717, 1.165) is 55.3 Å². The third-order valence-electron chi connectivity index (χ3n) is 10.7. The number of ether oxygens (including phenoxy) is 1. The van der Waals surface area contributed by atoms with Crippen molar-refractivity contribution < 1.29 is 14.6 Å². The topological polar surface area (TPSA) is 46.5 Å². The molecule has 182 valence electrons. The lowest BCUT2D eigenvalue weighted by Crippen LogP contribution is -2.50. The van der Waals surface area contributed by atoms with Crippen LogP contribution in [0.2, 0.25) is 0 Å². The second-order valence-corrected chi connectivity index (χ2v) is 13.1. The van der Waals surface area contributed by atoms with Crippen molar-refractivity contribution in [3.8, 4) is 0 Å². The first-order valence-corrected chi connectivity index (χ1v) is 13.5. The highest BCUT2D eigenvalue weighted by atomic mass is 16.6. The van der Waals surface area contributed by atoms with E-state index in [-0.39, 0.29) is 17.7 Å². The Morgan fingerprint density at radius 2 is 1.94 bits per heavy atom. The molecule has 0 saturated heterocycles. The van der Waals surface area contributed by atoms with E-state index in [2.05, 4.69) is 26.8 Å². The molecular weight excluding hydrogens is 396 g/mol. The van der Waals surface area contributed by atoms with Crippen molar-refractivity contribution in [2.45, 2.75) is 124 Å². The van der Waals surface area contributed by atoms with Gasteiger partial charge >= 0.3 is 5.97 Å². The molecule has 0 amide bonds. The van der Waals surface area contributed by atoms with E-state index in [1.807, 2.05) is 13.8 Å².